The molecule has 0 radical (unpaired) electrons. The Morgan fingerprint density at radius 2 is 2.19 bits per heavy atom. The molecule has 0 saturated heterocycles. The molecule has 0 unspecified atom stereocenters. The Bertz CT molecular complexity index is 326. The van der Waals surface area contributed by atoms with Crippen LogP contribution in [0.2, 0.25) is 0 Å². The van der Waals surface area contributed by atoms with E-state index >= 15 is 0 Å². The minimum absolute atomic E-state index is 0.511. The molecule has 1 aromatic heterocycles. The monoisotopic (exact) mass is 236 g/mol. The Morgan fingerprint density at radius 1 is 1.44 bits per heavy atom. The second-order valence-corrected chi connectivity index (χ2v) is 5.49. The smallest absolute Gasteiger partial charge is 0.0989 e. The minimum atomic E-state index is 0.511. The van der Waals surface area contributed by atoms with E-state index in [1.54, 1.807) is 11.3 Å². The van der Waals surface area contributed by atoms with Gasteiger partial charge in [-0.1, -0.05) is 19.3 Å². The van der Waals surface area contributed by atoms with Crippen molar-refractivity contribution in [3.05, 3.63) is 22.4 Å². The Kier molecular flexibility index (Phi) is 3.99. The lowest BCUT2D eigenvalue weighted by Gasteiger charge is -2.29. The summed E-state index contributed by atoms with van der Waals surface area (Å²) in [6.45, 7) is 0.888. The molecule has 1 fully saturated rings. The number of nitrogens with one attached hydrogen (secondary N) is 1. The maximum atomic E-state index is 8.22. The minimum Gasteiger partial charge on any atom is -0.359 e. The number of nitrogens with zero attached hydrogens (tertiary/aromatic N) is 1. The van der Waals surface area contributed by atoms with Gasteiger partial charge in [0.05, 0.1) is 5.84 Å². The summed E-state index contributed by atoms with van der Waals surface area (Å²) in [5.74, 6) is 1.35. The molecular weight excluding hydrogens is 216 g/mol. The zero-order chi connectivity index (χ0) is 11.4. The number of rotatable bonds is 3. The Morgan fingerprint density at radius 3 is 2.81 bits per heavy atom. The van der Waals surface area contributed by atoms with Crippen LogP contribution in [0, 0.1) is 11.3 Å². The van der Waals surface area contributed by atoms with E-state index < -0.39 is 0 Å². The maximum absolute atomic E-state index is 8.22. The van der Waals surface area contributed by atoms with Gasteiger partial charge in [0, 0.05) is 19.5 Å². The van der Waals surface area contributed by atoms with Gasteiger partial charge in [0.25, 0.3) is 0 Å². The van der Waals surface area contributed by atoms with Crippen molar-refractivity contribution in [2.75, 3.05) is 7.05 Å². The van der Waals surface area contributed by atoms with Gasteiger partial charge in [0.1, 0.15) is 0 Å². The first-order chi connectivity index (χ1) is 7.77. The number of hydrogen-bond donors (Lipinski definition) is 1. The molecule has 2 rings (SSSR count). The predicted octanol–water partition coefficient (Wildman–Crippen LogP) is 3.74. The first kappa shape index (κ1) is 11.6. The molecule has 0 amide bonds. The van der Waals surface area contributed by atoms with E-state index in [9.17, 15) is 0 Å². The van der Waals surface area contributed by atoms with Gasteiger partial charge in [0.2, 0.25) is 0 Å². The van der Waals surface area contributed by atoms with Crippen molar-refractivity contribution in [3.63, 3.8) is 0 Å². The molecule has 0 atom stereocenters. The quantitative estimate of drug-likeness (QED) is 0.628. The summed E-state index contributed by atoms with van der Waals surface area (Å²) < 4.78 is 0. The molecule has 1 heterocycles. The van der Waals surface area contributed by atoms with Gasteiger partial charge in [-0.15, -0.1) is 0 Å². The summed E-state index contributed by atoms with van der Waals surface area (Å²) in [5.41, 5.74) is 1.33. The summed E-state index contributed by atoms with van der Waals surface area (Å²) in [5, 5.41) is 12.5. The first-order valence-electron chi connectivity index (χ1n) is 6.08. The number of hydrogen-bond acceptors (Lipinski definition) is 2. The third-order valence-corrected chi connectivity index (χ3v) is 4.14. The van der Waals surface area contributed by atoms with Crippen LogP contribution in [0.3, 0.4) is 0 Å². The van der Waals surface area contributed by atoms with Crippen LogP contribution in [0.15, 0.2) is 16.8 Å². The third-order valence-electron chi connectivity index (χ3n) is 3.40. The summed E-state index contributed by atoms with van der Waals surface area (Å²) >= 11 is 1.73. The van der Waals surface area contributed by atoms with Crippen LogP contribution in [-0.4, -0.2) is 17.8 Å². The van der Waals surface area contributed by atoms with E-state index in [0.29, 0.717) is 5.92 Å². The van der Waals surface area contributed by atoms with Gasteiger partial charge in [-0.05, 0) is 35.2 Å². The summed E-state index contributed by atoms with van der Waals surface area (Å²) in [4.78, 5) is 2.11. The molecule has 1 aliphatic carbocycles. The van der Waals surface area contributed by atoms with Crippen LogP contribution in [0.1, 0.15) is 37.7 Å². The van der Waals surface area contributed by atoms with Gasteiger partial charge in [-0.25, -0.2) is 0 Å². The third kappa shape index (κ3) is 2.85. The van der Waals surface area contributed by atoms with Crippen molar-refractivity contribution in [2.45, 2.75) is 38.6 Å². The fourth-order valence-corrected chi connectivity index (χ4v) is 3.09. The zero-order valence-electron chi connectivity index (χ0n) is 9.91. The van der Waals surface area contributed by atoms with Crippen molar-refractivity contribution in [1.29, 1.82) is 5.41 Å². The lowest BCUT2D eigenvalue weighted by atomic mass is 9.88. The van der Waals surface area contributed by atoms with E-state index in [1.165, 1.54) is 37.7 Å². The average molecular weight is 236 g/mol. The highest BCUT2D eigenvalue weighted by molar-refractivity contribution is 7.07. The summed E-state index contributed by atoms with van der Waals surface area (Å²) in [6, 6.07) is 2.15. The van der Waals surface area contributed by atoms with Crippen LogP contribution < -0.4 is 0 Å². The highest BCUT2D eigenvalue weighted by atomic mass is 32.1. The van der Waals surface area contributed by atoms with E-state index in [4.69, 9.17) is 5.41 Å². The van der Waals surface area contributed by atoms with Crippen molar-refractivity contribution >= 4 is 17.2 Å². The van der Waals surface area contributed by atoms with Crippen LogP contribution >= 0.6 is 11.3 Å². The van der Waals surface area contributed by atoms with E-state index in [0.717, 1.165) is 12.4 Å². The van der Waals surface area contributed by atoms with Crippen LogP contribution in [-0.2, 0) is 6.54 Å². The second-order valence-electron chi connectivity index (χ2n) is 4.71. The molecule has 1 aromatic rings. The molecule has 0 bridgehead atoms. The van der Waals surface area contributed by atoms with Gasteiger partial charge in [-0.3, -0.25) is 5.41 Å². The molecule has 1 saturated carbocycles. The number of thiophene rings is 1. The van der Waals surface area contributed by atoms with Gasteiger partial charge < -0.3 is 4.90 Å². The first-order valence-corrected chi connectivity index (χ1v) is 7.02. The molecule has 16 heavy (non-hydrogen) atoms. The van der Waals surface area contributed by atoms with Crippen molar-refractivity contribution in [2.24, 2.45) is 5.92 Å². The van der Waals surface area contributed by atoms with Crippen molar-refractivity contribution in [1.82, 2.24) is 4.90 Å². The molecule has 0 aliphatic heterocycles. The molecule has 1 aliphatic rings. The van der Waals surface area contributed by atoms with Gasteiger partial charge in [0.15, 0.2) is 0 Å². The average Bonchev–Trinajstić information content (AvgIpc) is 2.82. The van der Waals surface area contributed by atoms with Crippen LogP contribution in [0.25, 0.3) is 0 Å². The molecule has 88 valence electrons. The SMILES string of the molecule is CN(Cc1ccsc1)C(=N)C1CCCCC1. The van der Waals surface area contributed by atoms with E-state index in [2.05, 4.69) is 28.8 Å². The lowest BCUT2D eigenvalue weighted by Crippen LogP contribution is -2.32. The lowest BCUT2D eigenvalue weighted by molar-refractivity contribution is 0.382. The Labute approximate surface area is 102 Å². The topological polar surface area (TPSA) is 27.1 Å². The number of amidine groups is 1. The van der Waals surface area contributed by atoms with Crippen LogP contribution in [0.4, 0.5) is 0 Å². The molecule has 0 aromatic carbocycles. The Hall–Kier alpha value is -0.830. The Balaban J connectivity index is 1.88. The second kappa shape index (κ2) is 5.48. The molecule has 1 N–H and O–H groups in total. The largest absolute Gasteiger partial charge is 0.359 e. The fraction of sp³-hybridized carbons (Fsp3) is 0.615. The van der Waals surface area contributed by atoms with Gasteiger partial charge >= 0.3 is 0 Å². The highest BCUT2D eigenvalue weighted by Gasteiger charge is 2.20. The summed E-state index contributed by atoms with van der Waals surface area (Å²) in [7, 11) is 2.05. The molecule has 2 nitrogen and oxygen atoms in total. The maximum Gasteiger partial charge on any atom is 0.0989 e. The normalized spacial score (nSPS) is 17.3. The predicted molar refractivity (Wildman–Crippen MR) is 70.1 cm³/mol. The highest BCUT2D eigenvalue weighted by Crippen LogP contribution is 2.25. The van der Waals surface area contributed by atoms with E-state index in [-0.39, 0.29) is 0 Å². The van der Waals surface area contributed by atoms with Crippen molar-refractivity contribution < 1.29 is 0 Å². The van der Waals surface area contributed by atoms with Crippen molar-refractivity contribution in [3.8, 4) is 0 Å². The summed E-state index contributed by atoms with van der Waals surface area (Å²) in [6.07, 6.45) is 6.40. The van der Waals surface area contributed by atoms with Crippen LogP contribution in [0.5, 0.6) is 0 Å². The zero-order valence-corrected chi connectivity index (χ0v) is 10.7. The molecule has 0 spiro atoms. The standard InChI is InChI=1S/C13H20N2S/c1-15(9-11-7-8-16-10-11)13(14)12-5-3-2-4-6-12/h7-8,10,12,14H,2-6,9H2,1H3. The molecular formula is C13H20N2S. The molecule has 3 heteroatoms. The van der Waals surface area contributed by atoms with E-state index in [1.807, 2.05) is 0 Å². The fourth-order valence-electron chi connectivity index (χ4n) is 2.43. The van der Waals surface area contributed by atoms with Gasteiger partial charge in [-0.2, -0.15) is 11.3 Å².